The Hall–Kier alpha value is -3.95. The van der Waals surface area contributed by atoms with Crippen LogP contribution in [0.15, 0.2) is 87.0 Å². The fourth-order valence-corrected chi connectivity index (χ4v) is 5.70. The highest BCUT2D eigenvalue weighted by molar-refractivity contribution is 6.35. The van der Waals surface area contributed by atoms with Gasteiger partial charge in [-0.05, 0) is 85.7 Å². The maximum absolute atomic E-state index is 13.8. The molecule has 1 atom stereocenters. The van der Waals surface area contributed by atoms with E-state index in [2.05, 4.69) is 44.5 Å². The number of nitrogens with zero attached hydrogens (tertiary/aromatic N) is 3. The third kappa shape index (κ3) is 8.05. The molecular formula is C30H33Cl2N7O2. The number of allylic oxidation sites excluding steroid dienone is 4. The zero-order valence-electron chi connectivity index (χ0n) is 23.0. The molecule has 41 heavy (non-hydrogen) atoms. The van der Waals surface area contributed by atoms with Crippen molar-refractivity contribution in [2.24, 2.45) is 10.2 Å². The first-order valence-corrected chi connectivity index (χ1v) is 14.1. The first-order valence-electron chi connectivity index (χ1n) is 13.4. The summed E-state index contributed by atoms with van der Waals surface area (Å²) in [7, 11) is 1.54. The van der Waals surface area contributed by atoms with Gasteiger partial charge in [0.05, 0.1) is 12.1 Å². The smallest absolute Gasteiger partial charge is 0.322 e. The highest BCUT2D eigenvalue weighted by Crippen LogP contribution is 2.32. The first-order chi connectivity index (χ1) is 19.7. The third-order valence-corrected chi connectivity index (χ3v) is 7.33. The summed E-state index contributed by atoms with van der Waals surface area (Å²) < 4.78 is 0. The molecule has 0 heterocycles. The molecule has 1 unspecified atom stereocenters. The second-order valence-electron chi connectivity index (χ2n) is 10.2. The summed E-state index contributed by atoms with van der Waals surface area (Å²) in [4.78, 5) is 28.0. The molecule has 3 amide bonds. The topological polar surface area (TPSA) is 122 Å². The normalized spacial score (nSPS) is 18.8. The molecule has 214 valence electrons. The summed E-state index contributed by atoms with van der Waals surface area (Å²) in [6.45, 7) is 2.13. The molecule has 4 N–H and O–H groups in total. The van der Waals surface area contributed by atoms with Crippen LogP contribution in [-0.2, 0) is 6.54 Å². The van der Waals surface area contributed by atoms with Crippen LogP contribution in [0, 0.1) is 5.53 Å². The van der Waals surface area contributed by atoms with Crippen LogP contribution in [-0.4, -0.2) is 30.5 Å². The van der Waals surface area contributed by atoms with E-state index < -0.39 is 11.4 Å². The first kappa shape index (κ1) is 30.0. The molecule has 0 bridgehead atoms. The average Bonchev–Trinajstić information content (AvgIpc) is 2.95. The average molecular weight is 595 g/mol. The van der Waals surface area contributed by atoms with Gasteiger partial charge >= 0.3 is 6.03 Å². The Morgan fingerprint density at radius 3 is 2.41 bits per heavy atom. The van der Waals surface area contributed by atoms with Crippen molar-refractivity contribution in [3.05, 3.63) is 93.5 Å². The number of halogens is 2. The van der Waals surface area contributed by atoms with Crippen molar-refractivity contribution in [2.75, 3.05) is 11.9 Å². The van der Waals surface area contributed by atoms with Crippen LogP contribution in [0.25, 0.3) is 5.57 Å². The Bertz CT molecular complexity index is 1420. The van der Waals surface area contributed by atoms with E-state index in [9.17, 15) is 9.59 Å². The number of hydrazone groups is 1. The maximum atomic E-state index is 13.8. The summed E-state index contributed by atoms with van der Waals surface area (Å²) in [5, 5.41) is 13.5. The van der Waals surface area contributed by atoms with E-state index in [1.54, 1.807) is 48.4 Å². The predicted octanol–water partition coefficient (Wildman–Crippen LogP) is 7.02. The van der Waals surface area contributed by atoms with Crippen LogP contribution in [0.3, 0.4) is 0 Å². The number of amides is 3. The fraction of sp³-hybridized carbons (Fsp3) is 0.300. The van der Waals surface area contributed by atoms with Gasteiger partial charge in [-0.3, -0.25) is 15.0 Å². The number of carbonyl (C=O) groups excluding carboxylic acids is 2. The van der Waals surface area contributed by atoms with Crippen molar-refractivity contribution in [1.29, 1.82) is 5.53 Å². The van der Waals surface area contributed by atoms with E-state index in [1.807, 2.05) is 19.1 Å². The second-order valence-corrected chi connectivity index (χ2v) is 11.1. The van der Waals surface area contributed by atoms with E-state index in [0.29, 0.717) is 22.0 Å². The van der Waals surface area contributed by atoms with Gasteiger partial charge in [0.25, 0.3) is 11.9 Å². The van der Waals surface area contributed by atoms with Gasteiger partial charge in [-0.15, -0.1) is 10.2 Å². The minimum Gasteiger partial charge on any atom is -0.329 e. The molecule has 9 nitrogen and oxygen atoms in total. The van der Waals surface area contributed by atoms with Crippen LogP contribution in [0.5, 0.6) is 0 Å². The summed E-state index contributed by atoms with van der Waals surface area (Å²) in [5.74, 6) is -0.611. The van der Waals surface area contributed by atoms with E-state index >= 15 is 0 Å². The molecule has 4 rings (SSSR count). The quantitative estimate of drug-likeness (QED) is 0.119. The van der Waals surface area contributed by atoms with Crippen molar-refractivity contribution in [3.8, 4) is 0 Å². The van der Waals surface area contributed by atoms with Gasteiger partial charge in [0.2, 0.25) is 0 Å². The number of hydrogen-bond donors (Lipinski definition) is 4. The van der Waals surface area contributed by atoms with Gasteiger partial charge in [-0.2, -0.15) is 0 Å². The lowest BCUT2D eigenvalue weighted by Gasteiger charge is -2.33. The number of guanidine groups is 1. The number of carbonyl (C=O) groups is 2. The van der Waals surface area contributed by atoms with E-state index in [-0.39, 0.29) is 18.5 Å². The fourth-order valence-electron chi connectivity index (χ4n) is 4.88. The Balaban J connectivity index is 1.57. The molecule has 11 heteroatoms. The zero-order valence-corrected chi connectivity index (χ0v) is 24.5. The molecule has 0 saturated carbocycles. The number of anilines is 1. The van der Waals surface area contributed by atoms with Crippen molar-refractivity contribution < 1.29 is 9.59 Å². The molecule has 0 saturated heterocycles. The summed E-state index contributed by atoms with van der Waals surface area (Å²) in [6.07, 6.45) is 10.7. The number of rotatable bonds is 7. The minimum atomic E-state index is -0.761. The maximum Gasteiger partial charge on any atom is 0.322 e. The highest BCUT2D eigenvalue weighted by atomic mass is 35.5. The van der Waals surface area contributed by atoms with Gasteiger partial charge in [-0.25, -0.2) is 10.3 Å². The van der Waals surface area contributed by atoms with Crippen LogP contribution in [0.1, 0.15) is 60.5 Å². The Kier molecular flexibility index (Phi) is 9.96. The molecule has 0 fully saturated rings. The van der Waals surface area contributed by atoms with Gasteiger partial charge in [-0.1, -0.05) is 53.5 Å². The van der Waals surface area contributed by atoms with Crippen molar-refractivity contribution in [3.63, 3.8) is 0 Å². The molecule has 2 aliphatic rings. The number of hydrogen-bond acceptors (Lipinski definition) is 5. The van der Waals surface area contributed by atoms with Crippen molar-refractivity contribution in [1.82, 2.24) is 16.1 Å². The van der Waals surface area contributed by atoms with Crippen LogP contribution < -0.4 is 21.0 Å². The van der Waals surface area contributed by atoms with Crippen LogP contribution in [0.4, 0.5) is 10.5 Å². The number of benzene rings is 2. The second kappa shape index (κ2) is 13.6. The van der Waals surface area contributed by atoms with E-state index in [1.165, 1.54) is 18.4 Å². The van der Waals surface area contributed by atoms with Gasteiger partial charge in [0.1, 0.15) is 0 Å². The molecule has 0 aromatic heterocycles. The molecule has 0 aliphatic heterocycles. The Morgan fingerprint density at radius 1 is 1.07 bits per heavy atom. The minimum absolute atomic E-state index is 0.155. The monoisotopic (exact) mass is 593 g/mol. The lowest BCUT2D eigenvalue weighted by atomic mass is 9.93. The summed E-state index contributed by atoms with van der Waals surface area (Å²) in [5.41, 5.74) is 13.2. The third-order valence-electron chi connectivity index (χ3n) is 6.87. The molecule has 0 spiro atoms. The van der Waals surface area contributed by atoms with E-state index in [0.717, 1.165) is 29.7 Å². The Morgan fingerprint density at radius 2 is 1.80 bits per heavy atom. The number of urea groups is 1. The predicted molar refractivity (Wildman–Crippen MR) is 164 cm³/mol. The lowest BCUT2D eigenvalue weighted by molar-refractivity contribution is 0.0976. The Labute approximate surface area is 249 Å². The molecule has 2 aliphatic carbocycles. The van der Waals surface area contributed by atoms with Gasteiger partial charge < -0.3 is 10.7 Å². The highest BCUT2D eigenvalue weighted by Gasteiger charge is 2.31. The van der Waals surface area contributed by atoms with Crippen LogP contribution >= 0.6 is 23.2 Å². The molecular weight excluding hydrogens is 561 g/mol. The van der Waals surface area contributed by atoms with Crippen molar-refractivity contribution in [2.45, 2.75) is 51.1 Å². The summed E-state index contributed by atoms with van der Waals surface area (Å²) >= 11 is 12.6. The molecule has 0 radical (unpaired) electrons. The van der Waals surface area contributed by atoms with Gasteiger partial charge in [0.15, 0.2) is 0 Å². The summed E-state index contributed by atoms with van der Waals surface area (Å²) in [6, 6.07) is 14.6. The number of nitrogens with one attached hydrogen (secondary N) is 4. The van der Waals surface area contributed by atoms with E-state index in [4.69, 9.17) is 28.7 Å². The standard InChI is InChI=1S/C30H33Cl2N7O2/c1-30(17-24(31)16-25(32)18-30)36-29(41)39(26-14-12-22(13-15-26)21-6-4-3-5-7-21)19-20-8-10-23(11-9-20)27(40)35-28(37-33)38-34-2/h6,8-17,33-34H,3-5,7,18-19H2,1-2H3,(H,36,41)(H,35,38,40). The SMILES string of the molecule is CN/N=C(\N=N)NC(=O)c1ccc(CN(C(=O)NC2(C)C=C(Cl)C=C(Cl)C2)c2ccc(C3=CCCCC3)cc2)cc1. The molecule has 2 aromatic rings. The molecule has 2 aromatic carbocycles. The van der Waals surface area contributed by atoms with Crippen molar-refractivity contribution >= 4 is 52.4 Å². The van der Waals surface area contributed by atoms with Gasteiger partial charge in [0, 0.05) is 34.8 Å². The van der Waals surface area contributed by atoms with Crippen LogP contribution in [0.2, 0.25) is 0 Å². The zero-order chi connectivity index (χ0) is 29.4. The largest absolute Gasteiger partial charge is 0.329 e. The lowest BCUT2D eigenvalue weighted by Crippen LogP contribution is -2.51.